The number of rotatable bonds is 5. The zero-order chi connectivity index (χ0) is 21.1. The van der Waals surface area contributed by atoms with Crippen LogP contribution in [-0.4, -0.2) is 43.1 Å². The minimum atomic E-state index is -0.619. The molecule has 0 aliphatic carbocycles. The number of nitrogens with zero attached hydrogens (tertiary/aromatic N) is 2. The maximum Gasteiger partial charge on any atom is 0.336 e. The Balaban J connectivity index is 1.41. The van der Waals surface area contributed by atoms with Crippen LogP contribution in [0.1, 0.15) is 19.4 Å². The molecule has 0 saturated carbocycles. The molecule has 0 N–H and O–H groups in total. The molecule has 2 heterocycles. The normalized spacial score (nSPS) is 15.3. The molecule has 0 radical (unpaired) electrons. The summed E-state index contributed by atoms with van der Waals surface area (Å²) in [7, 11) is 0. The maximum absolute atomic E-state index is 12.9. The fourth-order valence-corrected chi connectivity index (χ4v) is 3.91. The molecule has 1 amide bonds. The molecule has 1 saturated heterocycles. The molecule has 1 aliphatic heterocycles. The van der Waals surface area contributed by atoms with Gasteiger partial charge in [0.2, 0.25) is 0 Å². The molecule has 6 heteroatoms. The van der Waals surface area contributed by atoms with Crippen LogP contribution >= 0.6 is 0 Å². The summed E-state index contributed by atoms with van der Waals surface area (Å²) in [6.45, 7) is 6.67. The number of hydrogen-bond donors (Lipinski definition) is 0. The summed E-state index contributed by atoms with van der Waals surface area (Å²) < 4.78 is 11.2. The van der Waals surface area contributed by atoms with Gasteiger partial charge < -0.3 is 19.0 Å². The minimum Gasteiger partial charge on any atom is -0.481 e. The highest BCUT2D eigenvalue weighted by atomic mass is 16.5. The molecule has 3 aromatic rings. The molecule has 1 aromatic heterocycles. The van der Waals surface area contributed by atoms with Crippen molar-refractivity contribution in [3.05, 3.63) is 70.6 Å². The summed E-state index contributed by atoms with van der Waals surface area (Å²) in [5.41, 5.74) is 2.22. The second kappa shape index (κ2) is 8.61. The third-order valence-corrected chi connectivity index (χ3v) is 5.56. The van der Waals surface area contributed by atoms with Crippen LogP contribution in [0.2, 0.25) is 0 Å². The van der Waals surface area contributed by atoms with Gasteiger partial charge in [0.1, 0.15) is 11.3 Å². The van der Waals surface area contributed by atoms with Crippen LogP contribution in [-0.2, 0) is 11.2 Å². The van der Waals surface area contributed by atoms with Crippen molar-refractivity contribution in [3.63, 3.8) is 0 Å². The number of ether oxygens (including phenoxy) is 1. The molecule has 0 spiro atoms. The van der Waals surface area contributed by atoms with Crippen LogP contribution in [0.4, 0.5) is 5.69 Å². The molecule has 1 atom stereocenters. The predicted octanol–water partition coefficient (Wildman–Crippen LogP) is 3.47. The molecular formula is C24H26N2O4. The van der Waals surface area contributed by atoms with Gasteiger partial charge in [0.05, 0.1) is 0 Å². The number of benzene rings is 2. The summed E-state index contributed by atoms with van der Waals surface area (Å²) in [5, 5.41) is 0.889. The Bertz CT molecular complexity index is 1090. The van der Waals surface area contributed by atoms with Crippen LogP contribution in [0.3, 0.4) is 0 Å². The third kappa shape index (κ3) is 4.17. The minimum absolute atomic E-state index is 0.0356. The molecule has 4 rings (SSSR count). The first-order chi connectivity index (χ1) is 14.5. The number of amides is 1. The highest BCUT2D eigenvalue weighted by molar-refractivity contribution is 5.83. The summed E-state index contributed by atoms with van der Waals surface area (Å²) in [4.78, 5) is 28.8. The lowest BCUT2D eigenvalue weighted by atomic mass is 10.1. The van der Waals surface area contributed by atoms with Crippen molar-refractivity contribution in [2.75, 3.05) is 31.1 Å². The first kappa shape index (κ1) is 20.0. The number of anilines is 1. The Morgan fingerprint density at radius 3 is 2.50 bits per heavy atom. The Morgan fingerprint density at radius 2 is 1.80 bits per heavy atom. The lowest BCUT2D eigenvalue weighted by Gasteiger charge is -2.37. The zero-order valence-corrected chi connectivity index (χ0v) is 17.3. The van der Waals surface area contributed by atoms with Crippen molar-refractivity contribution in [3.8, 4) is 5.75 Å². The monoisotopic (exact) mass is 406 g/mol. The average Bonchev–Trinajstić information content (AvgIpc) is 2.78. The van der Waals surface area contributed by atoms with Gasteiger partial charge >= 0.3 is 5.63 Å². The van der Waals surface area contributed by atoms with E-state index >= 15 is 0 Å². The van der Waals surface area contributed by atoms with Crippen LogP contribution in [0.5, 0.6) is 5.75 Å². The van der Waals surface area contributed by atoms with Gasteiger partial charge in [0.15, 0.2) is 6.10 Å². The molecular weight excluding hydrogens is 380 g/mol. The van der Waals surface area contributed by atoms with E-state index in [9.17, 15) is 9.59 Å². The first-order valence-electron chi connectivity index (χ1n) is 10.4. The second-order valence-corrected chi connectivity index (χ2v) is 7.51. The van der Waals surface area contributed by atoms with Gasteiger partial charge in [-0.3, -0.25) is 4.79 Å². The lowest BCUT2D eigenvalue weighted by molar-refractivity contribution is -0.138. The molecule has 2 aromatic carbocycles. The van der Waals surface area contributed by atoms with E-state index in [1.807, 2.05) is 42.2 Å². The van der Waals surface area contributed by atoms with Crippen molar-refractivity contribution < 1.29 is 13.9 Å². The van der Waals surface area contributed by atoms with Gasteiger partial charge in [-0.1, -0.05) is 25.1 Å². The lowest BCUT2D eigenvalue weighted by Crippen LogP contribution is -2.52. The van der Waals surface area contributed by atoms with E-state index in [1.54, 1.807) is 13.0 Å². The van der Waals surface area contributed by atoms with Crippen molar-refractivity contribution >= 4 is 22.6 Å². The second-order valence-electron chi connectivity index (χ2n) is 7.51. The summed E-state index contributed by atoms with van der Waals surface area (Å²) in [6.07, 6.45) is 0.124. The Hall–Kier alpha value is -3.28. The molecule has 1 aliphatic rings. The van der Waals surface area contributed by atoms with Crippen LogP contribution in [0, 0.1) is 0 Å². The van der Waals surface area contributed by atoms with Crippen molar-refractivity contribution in [1.82, 2.24) is 4.90 Å². The number of carbonyl (C=O) groups is 1. The Kier molecular flexibility index (Phi) is 5.74. The van der Waals surface area contributed by atoms with E-state index in [2.05, 4.69) is 17.0 Å². The van der Waals surface area contributed by atoms with E-state index in [0.29, 0.717) is 24.4 Å². The maximum atomic E-state index is 12.9. The quantitative estimate of drug-likeness (QED) is 0.607. The first-order valence-corrected chi connectivity index (χ1v) is 10.4. The van der Waals surface area contributed by atoms with Crippen LogP contribution < -0.4 is 15.3 Å². The Labute approximate surface area is 175 Å². The number of hydrogen-bond acceptors (Lipinski definition) is 5. The standard InChI is InChI=1S/C24H26N2O4/c1-3-18-15-23(27)30-22-16-20(9-10-21(18)22)29-17(2)24(28)26-13-11-25(12-14-26)19-7-5-4-6-8-19/h4-10,15-17H,3,11-14H2,1-2H3. The van der Waals surface area contributed by atoms with Gasteiger partial charge in [-0.05, 0) is 43.2 Å². The fourth-order valence-electron chi connectivity index (χ4n) is 3.91. The summed E-state index contributed by atoms with van der Waals surface area (Å²) in [6, 6.07) is 17.1. The summed E-state index contributed by atoms with van der Waals surface area (Å²) in [5.74, 6) is 0.481. The molecule has 30 heavy (non-hydrogen) atoms. The van der Waals surface area contributed by atoms with Crippen molar-refractivity contribution in [1.29, 1.82) is 0 Å². The SMILES string of the molecule is CCc1cc(=O)oc2cc(OC(C)C(=O)N3CCN(c4ccccc4)CC3)ccc12. The van der Waals surface area contributed by atoms with Crippen molar-refractivity contribution in [2.24, 2.45) is 0 Å². The third-order valence-electron chi connectivity index (χ3n) is 5.56. The highest BCUT2D eigenvalue weighted by Crippen LogP contribution is 2.24. The van der Waals surface area contributed by atoms with E-state index in [1.165, 1.54) is 11.8 Å². The summed E-state index contributed by atoms with van der Waals surface area (Å²) >= 11 is 0. The largest absolute Gasteiger partial charge is 0.481 e. The number of aryl methyl sites for hydroxylation is 1. The zero-order valence-electron chi connectivity index (χ0n) is 17.3. The Morgan fingerprint density at radius 1 is 1.07 bits per heavy atom. The number of carbonyl (C=O) groups excluding carboxylic acids is 1. The van der Waals surface area contributed by atoms with E-state index < -0.39 is 6.10 Å². The van der Waals surface area contributed by atoms with Gasteiger partial charge in [0.25, 0.3) is 5.91 Å². The molecule has 0 bridgehead atoms. The topological polar surface area (TPSA) is 63.0 Å². The molecule has 156 valence electrons. The smallest absolute Gasteiger partial charge is 0.336 e. The number of fused-ring (bicyclic) bond motifs is 1. The van der Waals surface area contributed by atoms with Crippen LogP contribution in [0.15, 0.2) is 63.8 Å². The molecule has 1 fully saturated rings. The van der Waals surface area contributed by atoms with Gasteiger partial charge in [-0.25, -0.2) is 4.79 Å². The van der Waals surface area contributed by atoms with E-state index in [0.717, 1.165) is 30.5 Å². The predicted molar refractivity (Wildman–Crippen MR) is 117 cm³/mol. The number of piperazine rings is 1. The molecule has 1 unspecified atom stereocenters. The molecule has 6 nitrogen and oxygen atoms in total. The average molecular weight is 406 g/mol. The number of para-hydroxylation sites is 1. The van der Waals surface area contributed by atoms with Crippen molar-refractivity contribution in [2.45, 2.75) is 26.4 Å². The fraction of sp³-hybridized carbons (Fsp3) is 0.333. The van der Waals surface area contributed by atoms with E-state index in [-0.39, 0.29) is 11.5 Å². The van der Waals surface area contributed by atoms with E-state index in [4.69, 9.17) is 9.15 Å². The van der Waals surface area contributed by atoms with Gasteiger partial charge in [-0.15, -0.1) is 0 Å². The van der Waals surface area contributed by atoms with Gasteiger partial charge in [-0.2, -0.15) is 0 Å². The van der Waals surface area contributed by atoms with Gasteiger partial charge in [0, 0.05) is 49.4 Å². The van der Waals surface area contributed by atoms with Crippen LogP contribution in [0.25, 0.3) is 11.0 Å². The highest BCUT2D eigenvalue weighted by Gasteiger charge is 2.26.